The van der Waals surface area contributed by atoms with Crippen LogP contribution >= 0.6 is 0 Å². The molecular weight excluding hydrogens is 246 g/mol. The lowest BCUT2D eigenvalue weighted by atomic mass is 10.0. The highest BCUT2D eigenvalue weighted by atomic mass is 16.5. The van der Waals surface area contributed by atoms with Gasteiger partial charge < -0.3 is 9.85 Å². The Labute approximate surface area is 128 Å². The molecule has 0 bridgehead atoms. The highest BCUT2D eigenvalue weighted by Crippen LogP contribution is 2.13. The van der Waals surface area contributed by atoms with Gasteiger partial charge >= 0.3 is 0 Å². The second-order valence-corrected chi connectivity index (χ2v) is 6.89. The summed E-state index contributed by atoms with van der Waals surface area (Å²) in [6, 6.07) is 0. The number of unbranched alkanes of at least 4 members (excludes halogenated alkanes) is 13. The summed E-state index contributed by atoms with van der Waals surface area (Å²) in [6.07, 6.45) is 19.2. The highest BCUT2D eigenvalue weighted by molar-refractivity contribution is 4.49. The number of hydroxylamine groups is 3. The van der Waals surface area contributed by atoms with E-state index < -0.39 is 0 Å². The largest absolute Gasteiger partial charge is 0.633 e. The summed E-state index contributed by atoms with van der Waals surface area (Å²) in [5.74, 6) is 0. The molecule has 0 saturated carbocycles. The Balaban J connectivity index is 2.99. The molecule has 0 aliphatic heterocycles. The highest BCUT2D eigenvalue weighted by Gasteiger charge is 2.00. The Morgan fingerprint density at radius 2 is 0.850 bits per heavy atom. The summed E-state index contributed by atoms with van der Waals surface area (Å²) in [6.45, 7) is 3.05. The lowest BCUT2D eigenvalue weighted by Crippen LogP contribution is -2.32. The molecule has 2 heteroatoms. The van der Waals surface area contributed by atoms with Crippen LogP contribution in [-0.4, -0.2) is 25.3 Å². The molecule has 0 N–H and O–H groups in total. The third-order valence-electron chi connectivity index (χ3n) is 4.05. The quantitative estimate of drug-likeness (QED) is 0.204. The van der Waals surface area contributed by atoms with Crippen LogP contribution in [0.5, 0.6) is 0 Å². The zero-order valence-electron chi connectivity index (χ0n) is 14.5. The fraction of sp³-hybridized carbons (Fsp3) is 1.00. The van der Waals surface area contributed by atoms with Crippen LogP contribution in [0.1, 0.15) is 96.8 Å². The third-order valence-corrected chi connectivity index (χ3v) is 4.05. The van der Waals surface area contributed by atoms with E-state index >= 15 is 0 Å². The fourth-order valence-electron chi connectivity index (χ4n) is 2.69. The summed E-state index contributed by atoms with van der Waals surface area (Å²) < 4.78 is -0.127. The Morgan fingerprint density at radius 3 is 1.15 bits per heavy atom. The van der Waals surface area contributed by atoms with Crippen LogP contribution in [0.15, 0.2) is 0 Å². The first kappa shape index (κ1) is 19.9. The van der Waals surface area contributed by atoms with Crippen molar-refractivity contribution in [3.8, 4) is 0 Å². The topological polar surface area (TPSA) is 23.1 Å². The minimum Gasteiger partial charge on any atom is -0.633 e. The van der Waals surface area contributed by atoms with Gasteiger partial charge in [0.2, 0.25) is 0 Å². The van der Waals surface area contributed by atoms with Crippen molar-refractivity contribution in [3.63, 3.8) is 0 Å². The first-order valence-corrected chi connectivity index (χ1v) is 9.10. The van der Waals surface area contributed by atoms with Crippen molar-refractivity contribution in [1.29, 1.82) is 0 Å². The molecule has 0 saturated heterocycles. The molecule has 0 heterocycles. The monoisotopic (exact) mass is 285 g/mol. The maximum absolute atomic E-state index is 11.4. The average Bonchev–Trinajstić information content (AvgIpc) is 2.38. The predicted octanol–water partition coefficient (Wildman–Crippen LogP) is 6.04. The molecule has 122 valence electrons. The van der Waals surface area contributed by atoms with Gasteiger partial charge in [-0.1, -0.05) is 84.0 Å². The molecule has 0 fully saturated rings. The van der Waals surface area contributed by atoms with E-state index in [2.05, 4.69) is 6.92 Å². The average molecular weight is 286 g/mol. The standard InChI is InChI=1S/C18H39NO/c1-4-5-6-7-8-9-10-11-12-13-14-15-16-17-18-19(2,3)20/h4-18H2,1-3H3. The van der Waals surface area contributed by atoms with E-state index in [4.69, 9.17) is 0 Å². The van der Waals surface area contributed by atoms with Crippen molar-refractivity contribution in [3.05, 3.63) is 5.21 Å². The van der Waals surface area contributed by atoms with Crippen molar-refractivity contribution in [2.45, 2.75) is 96.8 Å². The van der Waals surface area contributed by atoms with E-state index in [1.54, 1.807) is 14.1 Å². The Morgan fingerprint density at radius 1 is 0.550 bits per heavy atom. The first-order chi connectivity index (χ1) is 9.56. The minimum atomic E-state index is -0.127. The molecule has 0 aromatic heterocycles. The van der Waals surface area contributed by atoms with Crippen LogP contribution in [0.25, 0.3) is 0 Å². The van der Waals surface area contributed by atoms with E-state index in [-0.39, 0.29) is 4.65 Å². The van der Waals surface area contributed by atoms with Gasteiger partial charge in [0.05, 0.1) is 20.6 Å². The summed E-state index contributed by atoms with van der Waals surface area (Å²) >= 11 is 0. The van der Waals surface area contributed by atoms with Crippen molar-refractivity contribution < 1.29 is 4.65 Å². The second-order valence-electron chi connectivity index (χ2n) is 6.89. The lowest BCUT2D eigenvalue weighted by Gasteiger charge is -2.33. The van der Waals surface area contributed by atoms with Gasteiger partial charge in [-0.05, 0) is 12.8 Å². The number of quaternary nitrogens is 1. The number of nitrogens with zero attached hydrogens (tertiary/aromatic N) is 1. The van der Waals surface area contributed by atoms with Gasteiger partial charge in [-0.3, -0.25) is 0 Å². The maximum Gasteiger partial charge on any atom is 0.0779 e. The predicted molar refractivity (Wildman–Crippen MR) is 90.7 cm³/mol. The van der Waals surface area contributed by atoms with Gasteiger partial charge in [-0.25, -0.2) is 0 Å². The Hall–Kier alpha value is -0.0800. The summed E-state index contributed by atoms with van der Waals surface area (Å²) in [5.41, 5.74) is 0. The molecule has 0 atom stereocenters. The van der Waals surface area contributed by atoms with Gasteiger partial charge in [-0.2, -0.15) is 0 Å². The molecule has 0 aromatic rings. The molecule has 0 aliphatic rings. The van der Waals surface area contributed by atoms with Crippen LogP contribution in [0, 0.1) is 5.21 Å². The van der Waals surface area contributed by atoms with Crippen LogP contribution < -0.4 is 0 Å². The van der Waals surface area contributed by atoms with Crippen molar-refractivity contribution >= 4 is 0 Å². The molecule has 0 aromatic carbocycles. The lowest BCUT2D eigenvalue weighted by molar-refractivity contribution is -0.840. The van der Waals surface area contributed by atoms with Gasteiger partial charge in [-0.15, -0.1) is 0 Å². The van der Waals surface area contributed by atoms with Gasteiger partial charge in [0, 0.05) is 0 Å². The van der Waals surface area contributed by atoms with Crippen LogP contribution in [0.3, 0.4) is 0 Å². The molecule has 0 aliphatic carbocycles. The molecule has 0 radical (unpaired) electrons. The first-order valence-electron chi connectivity index (χ1n) is 9.10. The number of rotatable bonds is 15. The van der Waals surface area contributed by atoms with E-state index in [9.17, 15) is 5.21 Å². The van der Waals surface area contributed by atoms with Crippen LogP contribution in [0.4, 0.5) is 0 Å². The van der Waals surface area contributed by atoms with Gasteiger partial charge in [0.25, 0.3) is 0 Å². The Kier molecular flexibility index (Phi) is 13.8. The van der Waals surface area contributed by atoms with Gasteiger partial charge in [0.15, 0.2) is 0 Å². The molecule has 0 rings (SSSR count). The minimum absolute atomic E-state index is 0.127. The summed E-state index contributed by atoms with van der Waals surface area (Å²) in [4.78, 5) is 0. The number of hydrogen-bond acceptors (Lipinski definition) is 1. The zero-order valence-corrected chi connectivity index (χ0v) is 14.5. The molecule has 20 heavy (non-hydrogen) atoms. The van der Waals surface area contributed by atoms with Gasteiger partial charge in [0.1, 0.15) is 0 Å². The Bertz CT molecular complexity index is 186. The molecular formula is C18H39NO. The normalized spacial score (nSPS) is 12.0. The van der Waals surface area contributed by atoms with Crippen molar-refractivity contribution in [2.75, 3.05) is 20.6 Å². The third kappa shape index (κ3) is 17.9. The second kappa shape index (κ2) is 13.9. The van der Waals surface area contributed by atoms with E-state index in [1.807, 2.05) is 0 Å². The molecule has 2 nitrogen and oxygen atoms in total. The van der Waals surface area contributed by atoms with Crippen LogP contribution in [0.2, 0.25) is 0 Å². The molecule has 0 amide bonds. The molecule has 0 unspecified atom stereocenters. The maximum atomic E-state index is 11.4. The summed E-state index contributed by atoms with van der Waals surface area (Å²) in [5, 5.41) is 11.4. The van der Waals surface area contributed by atoms with E-state index in [1.165, 1.54) is 83.5 Å². The van der Waals surface area contributed by atoms with E-state index in [0.29, 0.717) is 0 Å². The number of hydrogen-bond donors (Lipinski definition) is 0. The SMILES string of the molecule is CCCCCCCCCCCCCCCC[N+](C)(C)[O-]. The van der Waals surface area contributed by atoms with Crippen molar-refractivity contribution in [2.24, 2.45) is 0 Å². The van der Waals surface area contributed by atoms with Crippen LogP contribution in [-0.2, 0) is 0 Å². The zero-order chi connectivity index (χ0) is 15.1. The summed E-state index contributed by atoms with van der Waals surface area (Å²) in [7, 11) is 3.48. The van der Waals surface area contributed by atoms with Crippen molar-refractivity contribution in [1.82, 2.24) is 0 Å². The fourth-order valence-corrected chi connectivity index (χ4v) is 2.69. The smallest absolute Gasteiger partial charge is 0.0779 e. The van der Waals surface area contributed by atoms with E-state index in [0.717, 1.165) is 13.0 Å². The molecule has 0 spiro atoms.